The number of nitrogens with one attached hydrogen (secondary N) is 1. The Morgan fingerprint density at radius 2 is 2.16 bits per heavy atom. The smallest absolute Gasteiger partial charge is 0.105 e. The molecule has 108 valence electrons. The first-order chi connectivity index (χ1) is 9.20. The lowest BCUT2D eigenvalue weighted by Crippen LogP contribution is -2.62. The second-order valence-corrected chi connectivity index (χ2v) is 5.76. The molecule has 1 aromatic rings. The standard InChI is InChI=1S/C15H27N3O/c1-3-15(2,18-9-5-4-6-10-18)14(17-16)12-13-8-7-11-19-13/h7-8,11,14,17H,3-6,9-10,12,16H2,1-2H3. The second-order valence-electron chi connectivity index (χ2n) is 5.76. The molecule has 1 aliphatic rings. The average molecular weight is 265 g/mol. The SMILES string of the molecule is CCC(C)(C(Cc1ccco1)NN)N1CCCCC1. The fraction of sp³-hybridized carbons (Fsp3) is 0.733. The molecule has 2 heterocycles. The van der Waals surface area contributed by atoms with Crippen molar-refractivity contribution in [3.8, 4) is 0 Å². The molecule has 4 heteroatoms. The number of furan rings is 1. The third kappa shape index (κ3) is 3.19. The zero-order chi connectivity index (χ0) is 13.7. The minimum Gasteiger partial charge on any atom is -0.469 e. The highest BCUT2D eigenvalue weighted by atomic mass is 16.3. The number of piperidine rings is 1. The van der Waals surface area contributed by atoms with Crippen LogP contribution in [-0.2, 0) is 6.42 Å². The van der Waals surface area contributed by atoms with Crippen LogP contribution in [0.25, 0.3) is 0 Å². The van der Waals surface area contributed by atoms with Gasteiger partial charge >= 0.3 is 0 Å². The van der Waals surface area contributed by atoms with Gasteiger partial charge in [-0.2, -0.15) is 0 Å². The Bertz CT molecular complexity index is 359. The summed E-state index contributed by atoms with van der Waals surface area (Å²) in [4.78, 5) is 2.60. The van der Waals surface area contributed by atoms with E-state index < -0.39 is 0 Å². The van der Waals surface area contributed by atoms with E-state index >= 15 is 0 Å². The van der Waals surface area contributed by atoms with Crippen molar-refractivity contribution in [2.75, 3.05) is 13.1 Å². The highest BCUT2D eigenvalue weighted by molar-refractivity contribution is 5.06. The van der Waals surface area contributed by atoms with Crippen LogP contribution in [0.5, 0.6) is 0 Å². The van der Waals surface area contributed by atoms with E-state index in [0.717, 1.165) is 18.6 Å². The number of rotatable bonds is 6. The maximum atomic E-state index is 5.84. The Morgan fingerprint density at radius 1 is 1.42 bits per heavy atom. The fourth-order valence-electron chi connectivity index (χ4n) is 3.18. The molecule has 0 bridgehead atoms. The number of hydrogen-bond donors (Lipinski definition) is 2. The van der Waals surface area contributed by atoms with Crippen molar-refractivity contribution in [1.29, 1.82) is 0 Å². The Hall–Kier alpha value is -0.840. The number of hydrogen-bond acceptors (Lipinski definition) is 4. The zero-order valence-corrected chi connectivity index (χ0v) is 12.2. The van der Waals surface area contributed by atoms with Crippen LogP contribution in [0.15, 0.2) is 22.8 Å². The molecule has 1 fully saturated rings. The molecule has 0 radical (unpaired) electrons. The van der Waals surface area contributed by atoms with Gasteiger partial charge in [0.25, 0.3) is 0 Å². The summed E-state index contributed by atoms with van der Waals surface area (Å²) in [5, 5.41) is 0. The van der Waals surface area contributed by atoms with Gasteiger partial charge in [-0.1, -0.05) is 13.3 Å². The number of nitrogens with two attached hydrogens (primary N) is 1. The van der Waals surface area contributed by atoms with E-state index in [1.54, 1.807) is 6.26 Å². The van der Waals surface area contributed by atoms with Gasteiger partial charge in [-0.05, 0) is 51.4 Å². The normalized spacial score (nSPS) is 22.1. The summed E-state index contributed by atoms with van der Waals surface area (Å²) in [6, 6.07) is 4.17. The molecule has 19 heavy (non-hydrogen) atoms. The molecule has 1 aromatic heterocycles. The summed E-state index contributed by atoms with van der Waals surface area (Å²) in [7, 11) is 0. The lowest BCUT2D eigenvalue weighted by Gasteiger charge is -2.47. The van der Waals surface area contributed by atoms with Crippen LogP contribution in [0, 0.1) is 0 Å². The van der Waals surface area contributed by atoms with Crippen molar-refractivity contribution in [3.63, 3.8) is 0 Å². The third-order valence-corrected chi connectivity index (χ3v) is 4.73. The molecule has 2 unspecified atom stereocenters. The molecule has 0 spiro atoms. The number of nitrogens with zero attached hydrogens (tertiary/aromatic N) is 1. The third-order valence-electron chi connectivity index (χ3n) is 4.73. The first-order valence-corrected chi connectivity index (χ1v) is 7.44. The average Bonchev–Trinajstić information content (AvgIpc) is 2.98. The van der Waals surface area contributed by atoms with Crippen molar-refractivity contribution >= 4 is 0 Å². The first kappa shape index (κ1) is 14.6. The molecule has 0 aliphatic carbocycles. The van der Waals surface area contributed by atoms with E-state index in [9.17, 15) is 0 Å². The van der Waals surface area contributed by atoms with Crippen LogP contribution in [-0.4, -0.2) is 29.6 Å². The van der Waals surface area contributed by atoms with Crippen molar-refractivity contribution in [2.24, 2.45) is 5.84 Å². The fourth-order valence-corrected chi connectivity index (χ4v) is 3.18. The summed E-state index contributed by atoms with van der Waals surface area (Å²) in [5.41, 5.74) is 3.11. The van der Waals surface area contributed by atoms with E-state index in [2.05, 4.69) is 24.2 Å². The predicted octanol–water partition coefficient (Wildman–Crippen LogP) is 2.31. The molecular weight excluding hydrogens is 238 g/mol. The van der Waals surface area contributed by atoms with Crippen LogP contribution in [0.3, 0.4) is 0 Å². The molecule has 0 aromatic carbocycles. The Morgan fingerprint density at radius 3 is 2.68 bits per heavy atom. The molecule has 2 rings (SSSR count). The Labute approximate surface area is 116 Å². The van der Waals surface area contributed by atoms with Gasteiger partial charge in [0, 0.05) is 18.0 Å². The summed E-state index contributed by atoms with van der Waals surface area (Å²) in [6.07, 6.45) is 7.61. The van der Waals surface area contributed by atoms with Crippen LogP contribution >= 0.6 is 0 Å². The minimum absolute atomic E-state index is 0.0853. The number of likely N-dealkylation sites (tertiary alicyclic amines) is 1. The van der Waals surface area contributed by atoms with Crippen molar-refractivity contribution in [2.45, 2.75) is 57.5 Å². The molecule has 4 nitrogen and oxygen atoms in total. The second kappa shape index (κ2) is 6.55. The van der Waals surface area contributed by atoms with Gasteiger partial charge in [0.2, 0.25) is 0 Å². The summed E-state index contributed by atoms with van der Waals surface area (Å²) < 4.78 is 5.48. The maximum absolute atomic E-state index is 5.84. The molecule has 1 aliphatic heterocycles. The maximum Gasteiger partial charge on any atom is 0.105 e. The lowest BCUT2D eigenvalue weighted by molar-refractivity contribution is 0.0414. The van der Waals surface area contributed by atoms with Crippen molar-refractivity contribution in [3.05, 3.63) is 24.2 Å². The highest BCUT2D eigenvalue weighted by Gasteiger charge is 2.38. The summed E-state index contributed by atoms with van der Waals surface area (Å²) in [6.45, 7) is 6.94. The molecule has 3 N–H and O–H groups in total. The largest absolute Gasteiger partial charge is 0.469 e. The van der Waals surface area contributed by atoms with E-state index in [1.165, 1.54) is 32.4 Å². The summed E-state index contributed by atoms with van der Waals surface area (Å²) in [5.74, 6) is 6.84. The highest BCUT2D eigenvalue weighted by Crippen LogP contribution is 2.29. The van der Waals surface area contributed by atoms with Crippen molar-refractivity contribution in [1.82, 2.24) is 10.3 Å². The van der Waals surface area contributed by atoms with Crippen LogP contribution < -0.4 is 11.3 Å². The van der Waals surface area contributed by atoms with Gasteiger partial charge in [-0.15, -0.1) is 0 Å². The summed E-state index contributed by atoms with van der Waals surface area (Å²) >= 11 is 0. The quantitative estimate of drug-likeness (QED) is 0.612. The van der Waals surface area contributed by atoms with Gasteiger partial charge in [0.05, 0.1) is 6.26 Å². The molecule has 2 atom stereocenters. The first-order valence-electron chi connectivity index (χ1n) is 7.44. The van der Waals surface area contributed by atoms with Gasteiger partial charge in [-0.3, -0.25) is 16.2 Å². The van der Waals surface area contributed by atoms with Gasteiger partial charge in [0.1, 0.15) is 5.76 Å². The van der Waals surface area contributed by atoms with E-state index in [0.29, 0.717) is 0 Å². The predicted molar refractivity (Wildman–Crippen MR) is 77.6 cm³/mol. The Kier molecular flexibility index (Phi) is 5.02. The van der Waals surface area contributed by atoms with E-state index in [-0.39, 0.29) is 11.6 Å². The van der Waals surface area contributed by atoms with Gasteiger partial charge < -0.3 is 4.42 Å². The monoisotopic (exact) mass is 265 g/mol. The molecule has 0 saturated carbocycles. The number of hydrazine groups is 1. The lowest BCUT2D eigenvalue weighted by atomic mass is 9.83. The molecule has 0 amide bonds. The minimum atomic E-state index is 0.0853. The van der Waals surface area contributed by atoms with Crippen LogP contribution in [0.2, 0.25) is 0 Å². The van der Waals surface area contributed by atoms with Crippen molar-refractivity contribution < 1.29 is 4.42 Å². The van der Waals surface area contributed by atoms with E-state index in [1.807, 2.05) is 12.1 Å². The molecule has 1 saturated heterocycles. The van der Waals surface area contributed by atoms with Gasteiger partial charge in [-0.25, -0.2) is 0 Å². The van der Waals surface area contributed by atoms with Crippen LogP contribution in [0.4, 0.5) is 0 Å². The van der Waals surface area contributed by atoms with Gasteiger partial charge in [0.15, 0.2) is 0 Å². The topological polar surface area (TPSA) is 54.4 Å². The van der Waals surface area contributed by atoms with Crippen LogP contribution in [0.1, 0.15) is 45.3 Å². The Balaban J connectivity index is 2.11. The zero-order valence-electron chi connectivity index (χ0n) is 12.2. The van der Waals surface area contributed by atoms with E-state index in [4.69, 9.17) is 10.3 Å². The molecular formula is C15H27N3O.